The van der Waals surface area contributed by atoms with Crippen LogP contribution in [0.3, 0.4) is 0 Å². The molecule has 2 heterocycles. The molecule has 132 valence electrons. The van der Waals surface area contributed by atoms with E-state index >= 15 is 0 Å². The highest BCUT2D eigenvalue weighted by Gasteiger charge is 2.18. The first-order valence-electron chi connectivity index (χ1n) is 8.92. The normalized spacial score (nSPS) is 17.1. The second-order valence-electron chi connectivity index (χ2n) is 6.68. The summed E-state index contributed by atoms with van der Waals surface area (Å²) in [5, 5.41) is 0.982. The molecule has 2 aromatic carbocycles. The van der Waals surface area contributed by atoms with Gasteiger partial charge >= 0.3 is 5.63 Å². The van der Waals surface area contributed by atoms with E-state index in [0.29, 0.717) is 11.3 Å². The van der Waals surface area contributed by atoms with Crippen molar-refractivity contribution in [2.45, 2.75) is 13.0 Å². The minimum atomic E-state index is -0.308. The van der Waals surface area contributed by atoms with E-state index in [9.17, 15) is 4.79 Å². The van der Waals surface area contributed by atoms with Gasteiger partial charge in [0.25, 0.3) is 0 Å². The third-order valence-corrected chi connectivity index (χ3v) is 5.01. The predicted molar refractivity (Wildman–Crippen MR) is 102 cm³/mol. The molecule has 0 spiro atoms. The smallest absolute Gasteiger partial charge is 0.336 e. The van der Waals surface area contributed by atoms with Crippen LogP contribution >= 0.6 is 0 Å². The molecule has 0 saturated heterocycles. The van der Waals surface area contributed by atoms with Gasteiger partial charge < -0.3 is 14.1 Å². The van der Waals surface area contributed by atoms with Gasteiger partial charge in [-0.15, -0.1) is 0 Å². The van der Waals surface area contributed by atoms with Crippen molar-refractivity contribution >= 4 is 16.5 Å². The van der Waals surface area contributed by atoms with Gasteiger partial charge in [0.15, 0.2) is 0 Å². The Bertz CT molecular complexity index is 1000. The molecule has 4 nitrogen and oxygen atoms in total. The highest BCUT2D eigenvalue weighted by Crippen LogP contribution is 2.22. The molecule has 26 heavy (non-hydrogen) atoms. The van der Waals surface area contributed by atoms with Gasteiger partial charge in [-0.3, -0.25) is 0 Å². The molecule has 1 atom stereocenters. The van der Waals surface area contributed by atoms with Crippen LogP contribution in [0, 0.1) is 0 Å². The summed E-state index contributed by atoms with van der Waals surface area (Å²) in [6, 6.07) is 17.8. The largest absolute Gasteiger partial charge is 0.497 e. The Kier molecular flexibility index (Phi) is 4.59. The van der Waals surface area contributed by atoms with Crippen LogP contribution in [0.25, 0.3) is 16.5 Å². The average molecular weight is 348 g/mol. The van der Waals surface area contributed by atoms with Crippen molar-refractivity contribution in [3.63, 3.8) is 0 Å². The van der Waals surface area contributed by atoms with E-state index < -0.39 is 0 Å². The standard InChI is InChI=1S/C22H21NO3/c1-25-19-7-8-20-18(13-22(24)26-21(20)14-19)15-23-11-9-17(10-12-23)16-5-3-2-4-6-16/h2-9,13-14H,10-12,15H2,1H3/p+1. The highest BCUT2D eigenvalue weighted by atomic mass is 16.5. The van der Waals surface area contributed by atoms with Crippen molar-refractivity contribution in [3.05, 3.63) is 82.2 Å². The second-order valence-corrected chi connectivity index (χ2v) is 6.68. The summed E-state index contributed by atoms with van der Waals surface area (Å²) < 4.78 is 10.6. The first-order valence-corrected chi connectivity index (χ1v) is 8.92. The number of methoxy groups -OCH3 is 1. The molecule has 0 bridgehead atoms. The van der Waals surface area contributed by atoms with E-state index in [1.54, 1.807) is 19.2 Å². The Hall–Kier alpha value is -2.85. The van der Waals surface area contributed by atoms with Crippen LogP contribution in [0.1, 0.15) is 17.5 Å². The van der Waals surface area contributed by atoms with Crippen LogP contribution in [0.5, 0.6) is 5.75 Å². The number of hydrogen-bond acceptors (Lipinski definition) is 3. The molecule has 1 aliphatic rings. The van der Waals surface area contributed by atoms with Crippen LogP contribution in [0.2, 0.25) is 0 Å². The fourth-order valence-electron chi connectivity index (χ4n) is 3.61. The Labute approximate surface area is 152 Å². The molecule has 0 radical (unpaired) electrons. The summed E-state index contributed by atoms with van der Waals surface area (Å²) in [4.78, 5) is 13.4. The Morgan fingerprint density at radius 2 is 1.96 bits per heavy atom. The quantitative estimate of drug-likeness (QED) is 0.737. The maximum absolute atomic E-state index is 12.0. The minimum absolute atomic E-state index is 0.308. The Morgan fingerprint density at radius 1 is 1.12 bits per heavy atom. The van der Waals surface area contributed by atoms with Gasteiger partial charge in [0.2, 0.25) is 0 Å². The van der Waals surface area contributed by atoms with Crippen molar-refractivity contribution in [1.82, 2.24) is 0 Å². The topological polar surface area (TPSA) is 43.9 Å². The van der Waals surface area contributed by atoms with E-state index in [1.165, 1.54) is 16.0 Å². The fourth-order valence-corrected chi connectivity index (χ4v) is 3.61. The lowest BCUT2D eigenvalue weighted by Crippen LogP contribution is -3.11. The third kappa shape index (κ3) is 3.41. The SMILES string of the molecule is COc1ccc2c(C[NH+]3CC=C(c4ccccc4)CC3)cc(=O)oc2c1. The first-order chi connectivity index (χ1) is 12.7. The molecule has 0 saturated carbocycles. The van der Waals surface area contributed by atoms with Crippen molar-refractivity contribution in [2.75, 3.05) is 20.2 Å². The predicted octanol–water partition coefficient (Wildman–Crippen LogP) is 2.67. The molecule has 0 fully saturated rings. The lowest BCUT2D eigenvalue weighted by atomic mass is 9.99. The van der Waals surface area contributed by atoms with E-state index in [2.05, 4.69) is 30.3 Å². The van der Waals surface area contributed by atoms with E-state index in [4.69, 9.17) is 9.15 Å². The Balaban J connectivity index is 1.57. The number of nitrogens with one attached hydrogen (secondary N) is 1. The maximum Gasteiger partial charge on any atom is 0.336 e. The van der Waals surface area contributed by atoms with Gasteiger partial charge in [0, 0.05) is 29.5 Å². The molecule has 1 aromatic heterocycles. The average Bonchev–Trinajstić information content (AvgIpc) is 2.68. The van der Waals surface area contributed by atoms with E-state index in [1.807, 2.05) is 18.2 Å². The molecule has 4 heteroatoms. The van der Waals surface area contributed by atoms with Crippen molar-refractivity contribution in [3.8, 4) is 5.75 Å². The van der Waals surface area contributed by atoms with Crippen LogP contribution < -0.4 is 15.3 Å². The maximum atomic E-state index is 12.0. The van der Waals surface area contributed by atoms with Gasteiger partial charge in [-0.2, -0.15) is 0 Å². The number of fused-ring (bicyclic) bond motifs is 1. The summed E-state index contributed by atoms with van der Waals surface area (Å²) >= 11 is 0. The van der Waals surface area contributed by atoms with E-state index in [0.717, 1.165) is 37.0 Å². The summed E-state index contributed by atoms with van der Waals surface area (Å²) in [7, 11) is 1.61. The van der Waals surface area contributed by atoms with Crippen molar-refractivity contribution < 1.29 is 14.1 Å². The Morgan fingerprint density at radius 3 is 2.69 bits per heavy atom. The second kappa shape index (κ2) is 7.18. The molecular weight excluding hydrogens is 326 g/mol. The zero-order valence-corrected chi connectivity index (χ0v) is 14.8. The molecule has 4 rings (SSSR count). The van der Waals surface area contributed by atoms with Crippen LogP contribution in [0.4, 0.5) is 0 Å². The molecule has 3 aromatic rings. The molecule has 1 unspecified atom stereocenters. The lowest BCUT2D eigenvalue weighted by Gasteiger charge is -2.24. The molecule has 1 aliphatic heterocycles. The first kappa shape index (κ1) is 16.6. The lowest BCUT2D eigenvalue weighted by molar-refractivity contribution is -0.908. The van der Waals surface area contributed by atoms with Crippen LogP contribution in [-0.2, 0) is 6.54 Å². The van der Waals surface area contributed by atoms with Gasteiger partial charge in [-0.25, -0.2) is 4.79 Å². The fraction of sp³-hybridized carbons (Fsp3) is 0.227. The monoisotopic (exact) mass is 348 g/mol. The molecule has 0 aliphatic carbocycles. The summed E-state index contributed by atoms with van der Waals surface area (Å²) in [6.07, 6.45) is 3.37. The number of benzene rings is 2. The number of quaternary nitrogens is 1. The van der Waals surface area contributed by atoms with E-state index in [-0.39, 0.29) is 5.63 Å². The molecule has 1 N–H and O–H groups in total. The molecule has 0 amide bonds. The number of rotatable bonds is 4. The highest BCUT2D eigenvalue weighted by molar-refractivity contribution is 5.81. The van der Waals surface area contributed by atoms with Crippen molar-refractivity contribution in [1.29, 1.82) is 0 Å². The van der Waals surface area contributed by atoms with Gasteiger partial charge in [-0.1, -0.05) is 30.3 Å². The minimum Gasteiger partial charge on any atom is -0.497 e. The van der Waals surface area contributed by atoms with Gasteiger partial charge in [-0.05, 0) is 29.3 Å². The van der Waals surface area contributed by atoms with Gasteiger partial charge in [0.1, 0.15) is 17.9 Å². The van der Waals surface area contributed by atoms with Crippen molar-refractivity contribution in [2.24, 2.45) is 0 Å². The number of ether oxygens (including phenoxy) is 1. The molecular formula is C22H22NO3+. The summed E-state index contributed by atoms with van der Waals surface area (Å²) in [6.45, 7) is 2.83. The van der Waals surface area contributed by atoms with Gasteiger partial charge in [0.05, 0.1) is 20.2 Å². The zero-order chi connectivity index (χ0) is 17.9. The summed E-state index contributed by atoms with van der Waals surface area (Å²) in [5.41, 5.74) is 4.04. The third-order valence-electron chi connectivity index (χ3n) is 5.01. The van der Waals surface area contributed by atoms with Crippen LogP contribution in [0.15, 0.2) is 69.9 Å². The van der Waals surface area contributed by atoms with Crippen LogP contribution in [-0.4, -0.2) is 20.2 Å². The number of hydrogen-bond donors (Lipinski definition) is 1. The zero-order valence-electron chi connectivity index (χ0n) is 14.8. The summed E-state index contributed by atoms with van der Waals surface area (Å²) in [5.74, 6) is 0.693.